The molecule has 0 bridgehead atoms. The van der Waals surface area contributed by atoms with Gasteiger partial charge in [-0.1, -0.05) is 6.07 Å². The Bertz CT molecular complexity index is 450. The van der Waals surface area contributed by atoms with Gasteiger partial charge in [0.15, 0.2) is 5.96 Å². The fourth-order valence-electron chi connectivity index (χ4n) is 2.39. The zero-order chi connectivity index (χ0) is 17.8. The van der Waals surface area contributed by atoms with Crippen molar-refractivity contribution in [2.75, 3.05) is 68.1 Å². The molecule has 0 amide bonds. The molecule has 0 aliphatic rings. The molecule has 0 aliphatic carbocycles. The highest BCUT2D eigenvalue weighted by molar-refractivity contribution is 7.10. The van der Waals surface area contributed by atoms with Gasteiger partial charge in [-0.15, -0.1) is 11.3 Å². The third-order valence-electron chi connectivity index (χ3n) is 3.86. The van der Waals surface area contributed by atoms with Crippen LogP contribution in [-0.4, -0.2) is 83.8 Å². The molecule has 24 heavy (non-hydrogen) atoms. The van der Waals surface area contributed by atoms with Gasteiger partial charge in [0.05, 0.1) is 6.04 Å². The predicted octanol–water partition coefficient (Wildman–Crippen LogP) is 1.48. The lowest BCUT2D eigenvalue weighted by Crippen LogP contribution is -2.43. The molecule has 6 nitrogen and oxygen atoms in total. The standard InChI is InChI=1S/C17H33N5OS/c1-18-17(19-9-11-22(4)10-7-12-23-5)20-14-15(21(2)3)16-8-6-13-24-16/h6,8,13,15H,7,9-12,14H2,1-5H3,(H2,18,19,20). The molecule has 1 unspecified atom stereocenters. The molecule has 0 spiro atoms. The van der Waals surface area contributed by atoms with E-state index >= 15 is 0 Å². The minimum atomic E-state index is 0.347. The van der Waals surface area contributed by atoms with Gasteiger partial charge in [-0.2, -0.15) is 0 Å². The highest BCUT2D eigenvalue weighted by Gasteiger charge is 2.15. The summed E-state index contributed by atoms with van der Waals surface area (Å²) >= 11 is 1.79. The molecule has 0 aromatic carbocycles. The SMILES string of the molecule is CN=C(NCCN(C)CCCOC)NCC(c1cccs1)N(C)C. The molecule has 1 aromatic rings. The highest BCUT2D eigenvalue weighted by atomic mass is 32.1. The number of nitrogens with one attached hydrogen (secondary N) is 2. The molecule has 1 aromatic heterocycles. The van der Waals surface area contributed by atoms with E-state index in [9.17, 15) is 0 Å². The summed E-state index contributed by atoms with van der Waals surface area (Å²) in [6.07, 6.45) is 1.06. The van der Waals surface area contributed by atoms with Gasteiger partial charge in [0, 0.05) is 51.8 Å². The third kappa shape index (κ3) is 8.10. The molecular weight excluding hydrogens is 322 g/mol. The van der Waals surface area contributed by atoms with Crippen molar-refractivity contribution in [2.24, 2.45) is 4.99 Å². The minimum Gasteiger partial charge on any atom is -0.385 e. The Morgan fingerprint density at radius 3 is 2.67 bits per heavy atom. The number of aliphatic imine (C=N–C) groups is 1. The second-order valence-electron chi connectivity index (χ2n) is 6.02. The number of thiophene rings is 1. The van der Waals surface area contributed by atoms with Crippen molar-refractivity contribution >= 4 is 17.3 Å². The largest absolute Gasteiger partial charge is 0.385 e. The van der Waals surface area contributed by atoms with E-state index in [1.165, 1.54) is 4.88 Å². The van der Waals surface area contributed by atoms with Crippen molar-refractivity contribution in [3.8, 4) is 0 Å². The van der Waals surface area contributed by atoms with E-state index < -0.39 is 0 Å². The quantitative estimate of drug-likeness (QED) is 0.358. The first-order valence-corrected chi connectivity index (χ1v) is 9.28. The number of hydrogen-bond acceptors (Lipinski definition) is 5. The van der Waals surface area contributed by atoms with Gasteiger partial charge in [0.2, 0.25) is 0 Å². The van der Waals surface area contributed by atoms with E-state index in [4.69, 9.17) is 4.74 Å². The monoisotopic (exact) mass is 355 g/mol. The summed E-state index contributed by atoms with van der Waals surface area (Å²) in [5.41, 5.74) is 0. The second kappa shape index (κ2) is 12.2. The summed E-state index contributed by atoms with van der Waals surface area (Å²) in [5, 5.41) is 8.94. The third-order valence-corrected chi connectivity index (χ3v) is 4.83. The van der Waals surface area contributed by atoms with Crippen LogP contribution in [-0.2, 0) is 4.74 Å². The van der Waals surface area contributed by atoms with E-state index in [0.717, 1.165) is 45.2 Å². The first-order valence-electron chi connectivity index (χ1n) is 8.40. The number of likely N-dealkylation sites (N-methyl/N-ethyl adjacent to an activating group) is 2. The van der Waals surface area contributed by atoms with Crippen molar-refractivity contribution in [1.82, 2.24) is 20.4 Å². The molecule has 0 radical (unpaired) electrons. The van der Waals surface area contributed by atoms with E-state index in [2.05, 4.69) is 64.1 Å². The molecule has 1 rings (SSSR count). The maximum atomic E-state index is 5.08. The molecule has 0 saturated heterocycles. The second-order valence-corrected chi connectivity index (χ2v) is 7.00. The lowest BCUT2D eigenvalue weighted by molar-refractivity contribution is 0.180. The van der Waals surface area contributed by atoms with Crippen LogP contribution < -0.4 is 10.6 Å². The van der Waals surface area contributed by atoms with Crippen LogP contribution in [0.1, 0.15) is 17.3 Å². The molecule has 1 heterocycles. The molecule has 0 fully saturated rings. The van der Waals surface area contributed by atoms with Crippen molar-refractivity contribution in [1.29, 1.82) is 0 Å². The van der Waals surface area contributed by atoms with Crippen molar-refractivity contribution in [3.05, 3.63) is 22.4 Å². The lowest BCUT2D eigenvalue weighted by Gasteiger charge is -2.25. The molecular formula is C17H33N5OS. The van der Waals surface area contributed by atoms with Gasteiger partial charge < -0.3 is 25.2 Å². The molecule has 0 aliphatic heterocycles. The number of methoxy groups -OCH3 is 1. The summed E-state index contributed by atoms with van der Waals surface area (Å²) in [7, 11) is 9.91. The van der Waals surface area contributed by atoms with Gasteiger partial charge in [0.25, 0.3) is 0 Å². The lowest BCUT2D eigenvalue weighted by atomic mass is 10.2. The fourth-order valence-corrected chi connectivity index (χ4v) is 3.31. The average Bonchev–Trinajstić information content (AvgIpc) is 3.07. The number of ether oxygens (including phenoxy) is 1. The van der Waals surface area contributed by atoms with Crippen LogP contribution in [0, 0.1) is 0 Å². The highest BCUT2D eigenvalue weighted by Crippen LogP contribution is 2.22. The van der Waals surface area contributed by atoms with Crippen LogP contribution in [0.4, 0.5) is 0 Å². The summed E-state index contributed by atoms with van der Waals surface area (Å²) in [4.78, 5) is 10.2. The van der Waals surface area contributed by atoms with E-state index in [0.29, 0.717) is 6.04 Å². The smallest absolute Gasteiger partial charge is 0.191 e. The first kappa shape index (κ1) is 20.9. The number of rotatable bonds is 11. The normalized spacial score (nSPS) is 13.5. The summed E-state index contributed by atoms with van der Waals surface area (Å²) in [5.74, 6) is 0.851. The van der Waals surface area contributed by atoms with E-state index in [-0.39, 0.29) is 0 Å². The van der Waals surface area contributed by atoms with Gasteiger partial charge in [0.1, 0.15) is 0 Å². The van der Waals surface area contributed by atoms with Crippen molar-refractivity contribution < 1.29 is 4.74 Å². The zero-order valence-electron chi connectivity index (χ0n) is 15.7. The van der Waals surface area contributed by atoms with Gasteiger partial charge in [-0.25, -0.2) is 0 Å². The van der Waals surface area contributed by atoms with Crippen LogP contribution in [0.15, 0.2) is 22.5 Å². The molecule has 7 heteroatoms. The van der Waals surface area contributed by atoms with Gasteiger partial charge in [-0.05, 0) is 39.0 Å². The minimum absolute atomic E-state index is 0.347. The Kier molecular flexibility index (Phi) is 10.7. The summed E-state index contributed by atoms with van der Waals surface area (Å²) < 4.78 is 5.08. The predicted molar refractivity (Wildman–Crippen MR) is 104 cm³/mol. The van der Waals surface area contributed by atoms with Crippen LogP contribution >= 0.6 is 11.3 Å². The van der Waals surface area contributed by atoms with Crippen molar-refractivity contribution in [3.63, 3.8) is 0 Å². The Morgan fingerprint density at radius 2 is 2.08 bits per heavy atom. The van der Waals surface area contributed by atoms with Gasteiger partial charge in [-0.3, -0.25) is 4.99 Å². The van der Waals surface area contributed by atoms with E-state index in [1.54, 1.807) is 18.4 Å². The molecule has 0 saturated carbocycles. The number of guanidine groups is 1. The fraction of sp³-hybridized carbons (Fsp3) is 0.706. The van der Waals surface area contributed by atoms with Gasteiger partial charge >= 0.3 is 0 Å². The Labute approximate surface area is 150 Å². The zero-order valence-corrected chi connectivity index (χ0v) is 16.5. The summed E-state index contributed by atoms with van der Waals surface area (Å²) in [6.45, 7) is 4.54. The number of nitrogens with zero attached hydrogens (tertiary/aromatic N) is 3. The topological polar surface area (TPSA) is 52.1 Å². The Morgan fingerprint density at radius 1 is 1.29 bits per heavy atom. The maximum absolute atomic E-state index is 5.08. The maximum Gasteiger partial charge on any atom is 0.191 e. The Balaban J connectivity index is 2.31. The van der Waals surface area contributed by atoms with Crippen LogP contribution in [0.5, 0.6) is 0 Å². The van der Waals surface area contributed by atoms with Crippen molar-refractivity contribution in [2.45, 2.75) is 12.5 Å². The Hall–Kier alpha value is -1.15. The molecule has 138 valence electrons. The van der Waals surface area contributed by atoms with Crippen LogP contribution in [0.25, 0.3) is 0 Å². The molecule has 1 atom stereocenters. The number of hydrogen-bond donors (Lipinski definition) is 2. The summed E-state index contributed by atoms with van der Waals surface area (Å²) in [6, 6.07) is 4.63. The average molecular weight is 356 g/mol. The van der Waals surface area contributed by atoms with E-state index in [1.807, 2.05) is 7.05 Å². The first-order chi connectivity index (χ1) is 11.6. The van der Waals surface area contributed by atoms with Crippen LogP contribution in [0.2, 0.25) is 0 Å². The molecule has 2 N–H and O–H groups in total. The van der Waals surface area contributed by atoms with Crippen LogP contribution in [0.3, 0.4) is 0 Å².